The van der Waals surface area contributed by atoms with E-state index < -0.39 is 0 Å². The third-order valence-electron chi connectivity index (χ3n) is 4.15. The van der Waals surface area contributed by atoms with Gasteiger partial charge in [-0.1, -0.05) is 0 Å². The van der Waals surface area contributed by atoms with Crippen LogP contribution in [0.2, 0.25) is 0 Å². The molecule has 24 heavy (non-hydrogen) atoms. The standard InChI is InChI=1S/C17H22N4O3/c1-10(2)20(11(3)4)16(22)9-19-17(23)14-8-15-13(6-7-24-15)21(14)12(5)18-19/h6-8,10-11H,9H2,1-5H3. The molecule has 0 bridgehead atoms. The molecule has 0 aliphatic carbocycles. The van der Waals surface area contributed by atoms with Crippen LogP contribution in [0.4, 0.5) is 0 Å². The summed E-state index contributed by atoms with van der Waals surface area (Å²) in [6.45, 7) is 9.59. The smallest absolute Gasteiger partial charge is 0.291 e. The molecule has 128 valence electrons. The largest absolute Gasteiger partial charge is 0.463 e. The average Bonchev–Trinajstić information content (AvgIpc) is 3.03. The Morgan fingerprint density at radius 1 is 1.25 bits per heavy atom. The van der Waals surface area contributed by atoms with Crippen molar-refractivity contribution in [2.45, 2.75) is 53.2 Å². The lowest BCUT2D eigenvalue weighted by atomic mass is 10.2. The molecule has 0 radical (unpaired) electrons. The lowest BCUT2D eigenvalue weighted by molar-refractivity contribution is -0.135. The van der Waals surface area contributed by atoms with Gasteiger partial charge in [0.1, 0.15) is 17.9 Å². The van der Waals surface area contributed by atoms with E-state index in [4.69, 9.17) is 4.42 Å². The highest BCUT2D eigenvalue weighted by Gasteiger charge is 2.22. The summed E-state index contributed by atoms with van der Waals surface area (Å²) in [4.78, 5) is 27.1. The number of carbonyl (C=O) groups excluding carboxylic acids is 1. The Labute approximate surface area is 139 Å². The minimum Gasteiger partial charge on any atom is -0.463 e. The summed E-state index contributed by atoms with van der Waals surface area (Å²) in [7, 11) is 0. The van der Waals surface area contributed by atoms with E-state index in [1.807, 2.05) is 34.6 Å². The predicted octanol–water partition coefficient (Wildman–Crippen LogP) is 2.20. The molecule has 1 amide bonds. The molecule has 0 fully saturated rings. The first-order valence-electron chi connectivity index (χ1n) is 8.08. The van der Waals surface area contributed by atoms with Crippen LogP contribution in [-0.2, 0) is 11.3 Å². The van der Waals surface area contributed by atoms with Gasteiger partial charge in [-0.2, -0.15) is 5.10 Å². The molecular weight excluding hydrogens is 308 g/mol. The van der Waals surface area contributed by atoms with Crippen LogP contribution in [0.25, 0.3) is 16.6 Å². The molecule has 0 atom stereocenters. The zero-order valence-electron chi connectivity index (χ0n) is 14.6. The van der Waals surface area contributed by atoms with Gasteiger partial charge in [-0.05, 0) is 34.6 Å². The van der Waals surface area contributed by atoms with Gasteiger partial charge in [0.25, 0.3) is 5.56 Å². The molecule has 3 aromatic heterocycles. The van der Waals surface area contributed by atoms with Crippen molar-refractivity contribution < 1.29 is 9.21 Å². The maximum absolute atomic E-state index is 12.7. The molecule has 3 rings (SSSR count). The fraction of sp³-hybridized carbons (Fsp3) is 0.471. The highest BCUT2D eigenvalue weighted by Crippen LogP contribution is 2.20. The molecule has 0 aliphatic heterocycles. The molecule has 0 aromatic carbocycles. The number of carbonyl (C=O) groups is 1. The van der Waals surface area contributed by atoms with Crippen molar-refractivity contribution in [3.8, 4) is 0 Å². The molecular formula is C17H22N4O3. The van der Waals surface area contributed by atoms with Crippen molar-refractivity contribution >= 4 is 22.5 Å². The Morgan fingerprint density at radius 2 is 1.92 bits per heavy atom. The number of fused-ring (bicyclic) bond motifs is 3. The van der Waals surface area contributed by atoms with E-state index in [9.17, 15) is 9.59 Å². The van der Waals surface area contributed by atoms with E-state index in [0.29, 0.717) is 16.9 Å². The van der Waals surface area contributed by atoms with Gasteiger partial charge in [0.15, 0.2) is 5.58 Å². The number of aromatic nitrogens is 3. The minimum atomic E-state index is -0.298. The summed E-state index contributed by atoms with van der Waals surface area (Å²) >= 11 is 0. The second-order valence-electron chi connectivity index (χ2n) is 6.53. The van der Waals surface area contributed by atoms with Crippen LogP contribution in [0.3, 0.4) is 0 Å². The molecule has 0 spiro atoms. The van der Waals surface area contributed by atoms with Gasteiger partial charge in [0, 0.05) is 24.2 Å². The van der Waals surface area contributed by atoms with Crippen molar-refractivity contribution in [3.05, 3.63) is 34.6 Å². The Kier molecular flexibility index (Phi) is 3.95. The summed E-state index contributed by atoms with van der Waals surface area (Å²) in [5.74, 6) is 0.517. The van der Waals surface area contributed by atoms with Crippen molar-refractivity contribution in [1.29, 1.82) is 0 Å². The first-order valence-corrected chi connectivity index (χ1v) is 8.08. The molecule has 0 saturated carbocycles. The van der Waals surface area contributed by atoms with Gasteiger partial charge >= 0.3 is 0 Å². The number of rotatable bonds is 4. The molecule has 0 N–H and O–H groups in total. The van der Waals surface area contributed by atoms with E-state index in [2.05, 4.69) is 5.10 Å². The summed E-state index contributed by atoms with van der Waals surface area (Å²) in [5, 5.41) is 4.32. The van der Waals surface area contributed by atoms with Crippen LogP contribution >= 0.6 is 0 Å². The van der Waals surface area contributed by atoms with Crippen molar-refractivity contribution in [3.63, 3.8) is 0 Å². The summed E-state index contributed by atoms with van der Waals surface area (Å²) in [6, 6.07) is 3.61. The Balaban J connectivity index is 2.06. The number of nitrogens with zero attached hydrogens (tertiary/aromatic N) is 4. The topological polar surface area (TPSA) is 72.8 Å². The molecule has 0 saturated heterocycles. The summed E-state index contributed by atoms with van der Waals surface area (Å²) < 4.78 is 8.36. The van der Waals surface area contributed by atoms with Crippen molar-refractivity contribution in [2.75, 3.05) is 0 Å². The summed E-state index contributed by atoms with van der Waals surface area (Å²) in [6.07, 6.45) is 1.58. The lowest BCUT2D eigenvalue weighted by Crippen LogP contribution is -2.45. The Morgan fingerprint density at radius 3 is 2.54 bits per heavy atom. The molecule has 3 aromatic rings. The van der Waals surface area contributed by atoms with Crippen LogP contribution < -0.4 is 5.56 Å². The normalized spacial score (nSPS) is 12.0. The molecule has 3 heterocycles. The van der Waals surface area contributed by atoms with Gasteiger partial charge in [0.2, 0.25) is 5.91 Å². The van der Waals surface area contributed by atoms with Crippen LogP contribution in [0.15, 0.2) is 27.6 Å². The maximum Gasteiger partial charge on any atom is 0.291 e. The fourth-order valence-corrected chi connectivity index (χ4v) is 3.32. The van der Waals surface area contributed by atoms with Crippen LogP contribution in [-0.4, -0.2) is 37.1 Å². The van der Waals surface area contributed by atoms with Gasteiger partial charge in [0.05, 0.1) is 11.8 Å². The minimum absolute atomic E-state index is 0.0636. The van der Waals surface area contributed by atoms with E-state index >= 15 is 0 Å². The third-order valence-corrected chi connectivity index (χ3v) is 4.15. The van der Waals surface area contributed by atoms with Crippen molar-refractivity contribution in [2.24, 2.45) is 0 Å². The number of furan rings is 1. The molecule has 7 nitrogen and oxygen atoms in total. The highest BCUT2D eigenvalue weighted by atomic mass is 16.3. The number of hydrogen-bond acceptors (Lipinski definition) is 4. The quantitative estimate of drug-likeness (QED) is 0.735. The van der Waals surface area contributed by atoms with E-state index in [1.165, 1.54) is 4.68 Å². The number of aryl methyl sites for hydroxylation is 1. The zero-order chi connectivity index (χ0) is 17.6. The van der Waals surface area contributed by atoms with Gasteiger partial charge < -0.3 is 9.32 Å². The van der Waals surface area contributed by atoms with E-state index in [0.717, 1.165) is 5.52 Å². The highest BCUT2D eigenvalue weighted by molar-refractivity contribution is 5.82. The lowest BCUT2D eigenvalue weighted by Gasteiger charge is -2.30. The Hall–Kier alpha value is -2.57. The first-order chi connectivity index (χ1) is 11.3. The van der Waals surface area contributed by atoms with Gasteiger partial charge in [-0.25, -0.2) is 4.68 Å². The fourth-order valence-electron chi connectivity index (χ4n) is 3.32. The van der Waals surface area contributed by atoms with Crippen LogP contribution in [0.1, 0.15) is 33.5 Å². The van der Waals surface area contributed by atoms with Gasteiger partial charge in [-0.3, -0.25) is 14.0 Å². The van der Waals surface area contributed by atoms with Gasteiger partial charge in [-0.15, -0.1) is 0 Å². The van der Waals surface area contributed by atoms with Crippen molar-refractivity contribution in [1.82, 2.24) is 19.1 Å². The monoisotopic (exact) mass is 330 g/mol. The summed E-state index contributed by atoms with van der Waals surface area (Å²) in [5.41, 5.74) is 1.60. The molecule has 0 aliphatic rings. The first kappa shape index (κ1) is 16.3. The second kappa shape index (κ2) is 5.81. The molecule has 7 heteroatoms. The average molecular weight is 330 g/mol. The van der Waals surface area contributed by atoms with E-state index in [1.54, 1.807) is 27.7 Å². The van der Waals surface area contributed by atoms with E-state index in [-0.39, 0.29) is 30.1 Å². The SMILES string of the molecule is Cc1nn(CC(=O)N(C(C)C)C(C)C)c(=O)c2cc3occc3n12. The van der Waals surface area contributed by atoms with Crippen LogP contribution in [0, 0.1) is 6.92 Å². The number of hydrogen-bond donors (Lipinski definition) is 0. The predicted molar refractivity (Wildman–Crippen MR) is 91.1 cm³/mol. The van der Waals surface area contributed by atoms with Crippen LogP contribution in [0.5, 0.6) is 0 Å². The zero-order valence-corrected chi connectivity index (χ0v) is 14.6. The third kappa shape index (κ3) is 2.50. The number of amides is 1. The maximum atomic E-state index is 12.7. The second-order valence-corrected chi connectivity index (χ2v) is 6.53. The molecule has 0 unspecified atom stereocenters. The Bertz CT molecular complexity index is 953.